The fourth-order valence-electron chi connectivity index (χ4n) is 1.33. The van der Waals surface area contributed by atoms with Crippen LogP contribution in [0.2, 0.25) is 0 Å². The Bertz CT molecular complexity index is 538. The zero-order valence-electron chi connectivity index (χ0n) is 10.2. The second-order valence-electron chi connectivity index (χ2n) is 4.30. The zero-order valence-corrected chi connectivity index (χ0v) is 11.7. The molecule has 96 valence electrons. The number of likely N-dealkylation sites (N-methyl/N-ethyl adjacent to an activating group) is 1. The van der Waals surface area contributed by atoms with Crippen molar-refractivity contribution in [1.82, 2.24) is 0 Å². The Hall–Kier alpha value is -1.61. The average molecular weight is 315 g/mol. The molecule has 18 heavy (non-hydrogen) atoms. The highest BCUT2D eigenvalue weighted by Gasteiger charge is 2.34. The van der Waals surface area contributed by atoms with Crippen LogP contribution in [0, 0.1) is 17.1 Å². The van der Waals surface area contributed by atoms with Gasteiger partial charge in [-0.25, -0.2) is 9.18 Å². The minimum absolute atomic E-state index is 0.0375. The summed E-state index contributed by atoms with van der Waals surface area (Å²) in [7, 11) is 1.49. The van der Waals surface area contributed by atoms with Gasteiger partial charge in [0.05, 0.1) is 15.7 Å². The van der Waals surface area contributed by atoms with Crippen molar-refractivity contribution in [2.45, 2.75) is 19.4 Å². The third-order valence-electron chi connectivity index (χ3n) is 2.91. The maximum Gasteiger partial charge on any atom is 0.328 e. The fraction of sp³-hybridized carbons (Fsp3) is 0.333. The first-order valence-electron chi connectivity index (χ1n) is 5.08. The topological polar surface area (TPSA) is 64.3 Å². The molecule has 0 atom stereocenters. The van der Waals surface area contributed by atoms with Crippen LogP contribution in [0.4, 0.5) is 10.1 Å². The Balaban J connectivity index is 3.33. The normalized spacial score (nSPS) is 10.9. The lowest BCUT2D eigenvalue weighted by atomic mass is 10.0. The van der Waals surface area contributed by atoms with Crippen LogP contribution in [0.25, 0.3) is 0 Å². The molecule has 0 spiro atoms. The lowest BCUT2D eigenvalue weighted by Crippen LogP contribution is -2.48. The lowest BCUT2D eigenvalue weighted by molar-refractivity contribution is -0.142. The molecule has 0 aliphatic carbocycles. The number of carbonyl (C=O) groups is 1. The van der Waals surface area contributed by atoms with Crippen LogP contribution in [0.15, 0.2) is 16.6 Å². The Morgan fingerprint density at radius 2 is 2.11 bits per heavy atom. The molecule has 0 radical (unpaired) electrons. The lowest BCUT2D eigenvalue weighted by Gasteiger charge is -2.33. The molecule has 0 aromatic heterocycles. The second kappa shape index (κ2) is 4.94. The van der Waals surface area contributed by atoms with E-state index in [1.54, 1.807) is 0 Å². The highest BCUT2D eigenvalue weighted by molar-refractivity contribution is 9.10. The molecule has 0 amide bonds. The first kappa shape index (κ1) is 14.5. The van der Waals surface area contributed by atoms with Crippen molar-refractivity contribution in [3.8, 4) is 6.07 Å². The SMILES string of the molecule is CN(c1ccc(C#N)c(Br)c1F)C(C)(C)C(=O)O. The van der Waals surface area contributed by atoms with E-state index in [0.29, 0.717) is 0 Å². The van der Waals surface area contributed by atoms with Gasteiger partial charge in [-0.1, -0.05) is 0 Å². The number of benzene rings is 1. The third kappa shape index (κ3) is 2.31. The first-order valence-corrected chi connectivity index (χ1v) is 5.88. The number of carboxylic acids is 1. The quantitative estimate of drug-likeness (QED) is 0.931. The van der Waals surface area contributed by atoms with Crippen LogP contribution >= 0.6 is 15.9 Å². The van der Waals surface area contributed by atoms with Crippen molar-refractivity contribution in [3.63, 3.8) is 0 Å². The van der Waals surface area contributed by atoms with Crippen molar-refractivity contribution in [2.24, 2.45) is 0 Å². The predicted molar refractivity (Wildman–Crippen MR) is 68.9 cm³/mol. The summed E-state index contributed by atoms with van der Waals surface area (Å²) >= 11 is 2.99. The molecule has 0 fully saturated rings. The van der Waals surface area contributed by atoms with Gasteiger partial charge in [0.15, 0.2) is 5.82 Å². The van der Waals surface area contributed by atoms with Crippen LogP contribution in [0.5, 0.6) is 0 Å². The van der Waals surface area contributed by atoms with Gasteiger partial charge in [0.2, 0.25) is 0 Å². The number of aliphatic carboxylic acids is 1. The molecule has 1 aromatic carbocycles. The van der Waals surface area contributed by atoms with Gasteiger partial charge in [-0.3, -0.25) is 0 Å². The van der Waals surface area contributed by atoms with Crippen molar-refractivity contribution >= 4 is 27.6 Å². The predicted octanol–water partition coefficient (Wildman–Crippen LogP) is 2.76. The van der Waals surface area contributed by atoms with Crippen LogP contribution in [0.1, 0.15) is 19.4 Å². The summed E-state index contributed by atoms with van der Waals surface area (Å²) in [6, 6.07) is 4.68. The molecule has 0 saturated heterocycles. The van der Waals surface area contributed by atoms with Crippen molar-refractivity contribution in [2.75, 3.05) is 11.9 Å². The minimum Gasteiger partial charge on any atom is -0.480 e. The van der Waals surface area contributed by atoms with E-state index >= 15 is 0 Å². The molecule has 0 unspecified atom stereocenters. The van der Waals surface area contributed by atoms with E-state index in [0.717, 1.165) is 0 Å². The number of halogens is 2. The summed E-state index contributed by atoms with van der Waals surface area (Å²) in [6.45, 7) is 2.95. The number of rotatable bonds is 3. The molecule has 0 heterocycles. The molecular weight excluding hydrogens is 303 g/mol. The number of nitrogens with zero attached hydrogens (tertiary/aromatic N) is 2. The van der Waals surface area contributed by atoms with Crippen molar-refractivity contribution in [3.05, 3.63) is 28.0 Å². The van der Waals surface area contributed by atoms with Crippen LogP contribution in [-0.4, -0.2) is 23.7 Å². The van der Waals surface area contributed by atoms with E-state index in [2.05, 4.69) is 15.9 Å². The van der Waals surface area contributed by atoms with Gasteiger partial charge in [-0.2, -0.15) is 5.26 Å². The molecule has 0 aliphatic heterocycles. The number of hydrogen-bond donors (Lipinski definition) is 1. The highest BCUT2D eigenvalue weighted by Crippen LogP contribution is 2.31. The highest BCUT2D eigenvalue weighted by atomic mass is 79.9. The Morgan fingerprint density at radius 3 is 2.56 bits per heavy atom. The third-order valence-corrected chi connectivity index (χ3v) is 3.68. The van der Waals surface area contributed by atoms with Gasteiger partial charge >= 0.3 is 5.97 Å². The van der Waals surface area contributed by atoms with E-state index < -0.39 is 17.3 Å². The van der Waals surface area contributed by atoms with Gasteiger partial charge in [-0.05, 0) is 41.9 Å². The Kier molecular flexibility index (Phi) is 3.97. The maximum absolute atomic E-state index is 14.1. The van der Waals surface area contributed by atoms with Crippen LogP contribution in [-0.2, 0) is 4.79 Å². The van der Waals surface area contributed by atoms with E-state index in [1.165, 1.54) is 37.9 Å². The molecule has 1 aromatic rings. The van der Waals surface area contributed by atoms with E-state index in [1.807, 2.05) is 6.07 Å². The van der Waals surface area contributed by atoms with Gasteiger partial charge in [-0.15, -0.1) is 0 Å². The summed E-state index contributed by atoms with van der Waals surface area (Å²) in [5.74, 6) is -1.71. The smallest absolute Gasteiger partial charge is 0.328 e. The molecule has 4 nitrogen and oxygen atoms in total. The Labute approximate surface area is 113 Å². The zero-order chi connectivity index (χ0) is 14.1. The summed E-state index contributed by atoms with van der Waals surface area (Å²) in [4.78, 5) is 12.4. The van der Waals surface area contributed by atoms with Crippen molar-refractivity contribution < 1.29 is 14.3 Å². The fourth-order valence-corrected chi connectivity index (χ4v) is 1.75. The molecule has 1 N–H and O–H groups in total. The summed E-state index contributed by atoms with van der Waals surface area (Å²) in [5.41, 5.74) is -0.972. The summed E-state index contributed by atoms with van der Waals surface area (Å²) in [6.07, 6.45) is 0. The van der Waals surface area contributed by atoms with E-state index in [-0.39, 0.29) is 15.7 Å². The van der Waals surface area contributed by atoms with Crippen LogP contribution < -0.4 is 4.90 Å². The van der Waals surface area contributed by atoms with Gasteiger partial charge in [0.25, 0.3) is 0 Å². The van der Waals surface area contributed by atoms with Gasteiger partial charge in [0.1, 0.15) is 11.6 Å². The standard InChI is InChI=1S/C12H12BrFN2O2/c1-12(2,11(17)18)16(3)8-5-4-7(6-15)9(13)10(8)14/h4-5H,1-3H3,(H,17,18). The minimum atomic E-state index is -1.26. The molecule has 1 rings (SSSR count). The molecule has 6 heteroatoms. The van der Waals surface area contributed by atoms with E-state index in [4.69, 9.17) is 10.4 Å². The maximum atomic E-state index is 14.1. The van der Waals surface area contributed by atoms with Crippen LogP contribution in [0.3, 0.4) is 0 Å². The summed E-state index contributed by atoms with van der Waals surface area (Å²) in [5, 5.41) is 17.9. The molecule has 0 aliphatic rings. The van der Waals surface area contributed by atoms with Gasteiger partial charge < -0.3 is 10.0 Å². The molecular formula is C12H12BrFN2O2. The second-order valence-corrected chi connectivity index (χ2v) is 5.09. The average Bonchev–Trinajstić information content (AvgIpc) is 2.31. The first-order chi connectivity index (χ1) is 8.23. The number of nitriles is 1. The van der Waals surface area contributed by atoms with Gasteiger partial charge in [0, 0.05) is 7.05 Å². The molecule has 0 bridgehead atoms. The van der Waals surface area contributed by atoms with E-state index in [9.17, 15) is 9.18 Å². The Morgan fingerprint density at radius 1 is 1.56 bits per heavy atom. The van der Waals surface area contributed by atoms with Crippen molar-refractivity contribution in [1.29, 1.82) is 5.26 Å². The summed E-state index contributed by atoms with van der Waals surface area (Å²) < 4.78 is 14.1. The number of anilines is 1. The molecule has 0 saturated carbocycles. The largest absolute Gasteiger partial charge is 0.480 e. The number of carboxylic acid groups (broad SMARTS) is 1. The monoisotopic (exact) mass is 314 g/mol. The number of hydrogen-bond acceptors (Lipinski definition) is 3.